The summed E-state index contributed by atoms with van der Waals surface area (Å²) in [6.07, 6.45) is 1.30. The molecule has 0 amide bonds. The van der Waals surface area contributed by atoms with Crippen LogP contribution in [0.2, 0.25) is 0 Å². The molecular weight excluding hydrogens is 903 g/mol. The van der Waals surface area contributed by atoms with Crippen molar-refractivity contribution in [1.82, 2.24) is 19.5 Å². The van der Waals surface area contributed by atoms with Crippen LogP contribution in [-0.4, -0.2) is 19.5 Å². The summed E-state index contributed by atoms with van der Waals surface area (Å²) in [6, 6.07) is 40.7. The summed E-state index contributed by atoms with van der Waals surface area (Å²) in [7, 11) is 0. The van der Waals surface area contributed by atoms with Gasteiger partial charge in [-0.3, -0.25) is 4.98 Å². The van der Waals surface area contributed by atoms with E-state index in [1.807, 2.05) is 48.5 Å². The predicted octanol–water partition coefficient (Wildman–Crippen LogP) is 13.4. The molecular formula is C52H45IrN5O-2. The van der Waals surface area contributed by atoms with Gasteiger partial charge in [-0.2, -0.15) is 5.26 Å². The molecule has 0 fully saturated rings. The SMILES string of the molecule is [2H]C([2H])([2H])c1c[c-]c(-c2ccc(C([2H])([2H])[2H])cn2)cc1.[2H]C([2H])([2H])c1cc2c(nc1C#N)oc1c(-c3nc4ccccc4n3-c3c(C(C)C)cc(-c4ccccc4)cc3C(C)C)[c-]cc(C([2H])([2H])[2H])c12.[Ir]. The Morgan fingerprint density at radius 1 is 0.746 bits per heavy atom. The van der Waals surface area contributed by atoms with E-state index in [4.69, 9.17) is 25.9 Å². The summed E-state index contributed by atoms with van der Waals surface area (Å²) in [4.78, 5) is 13.5. The molecule has 0 aliphatic carbocycles. The van der Waals surface area contributed by atoms with E-state index < -0.39 is 27.4 Å². The Morgan fingerprint density at radius 2 is 1.47 bits per heavy atom. The van der Waals surface area contributed by atoms with E-state index in [2.05, 4.69) is 78.6 Å². The van der Waals surface area contributed by atoms with Crippen LogP contribution < -0.4 is 0 Å². The average molecular weight is 960 g/mol. The van der Waals surface area contributed by atoms with Crippen LogP contribution in [0.4, 0.5) is 0 Å². The van der Waals surface area contributed by atoms with Crippen molar-refractivity contribution in [3.05, 3.63) is 167 Å². The van der Waals surface area contributed by atoms with Crippen molar-refractivity contribution in [3.8, 4) is 45.5 Å². The first-order valence-electron chi connectivity index (χ1n) is 24.8. The van der Waals surface area contributed by atoms with Gasteiger partial charge in [0.05, 0.1) is 22.4 Å². The van der Waals surface area contributed by atoms with Gasteiger partial charge in [-0.05, 0) is 94.9 Å². The first-order valence-corrected chi connectivity index (χ1v) is 18.8. The summed E-state index contributed by atoms with van der Waals surface area (Å²) in [5.74, 6) is 0.695. The van der Waals surface area contributed by atoms with Crippen LogP contribution in [0.25, 0.3) is 72.6 Å². The minimum absolute atomic E-state index is 0. The van der Waals surface area contributed by atoms with Crippen LogP contribution in [0.3, 0.4) is 0 Å². The zero-order valence-corrected chi connectivity index (χ0v) is 35.0. The third-order valence-corrected chi connectivity index (χ3v) is 10.0. The molecule has 59 heavy (non-hydrogen) atoms. The van der Waals surface area contributed by atoms with Gasteiger partial charge in [0.25, 0.3) is 0 Å². The minimum atomic E-state index is -2.67. The van der Waals surface area contributed by atoms with Crippen molar-refractivity contribution in [2.45, 2.75) is 66.9 Å². The molecule has 0 aliphatic heterocycles. The fraction of sp³-hybridized carbons (Fsp3) is 0.192. The molecule has 1 radical (unpaired) electrons. The van der Waals surface area contributed by atoms with Crippen LogP contribution in [-0.2, 0) is 20.1 Å². The fourth-order valence-corrected chi connectivity index (χ4v) is 7.17. The maximum absolute atomic E-state index is 9.80. The maximum atomic E-state index is 9.80. The monoisotopic (exact) mass is 960 g/mol. The number of para-hydroxylation sites is 2. The molecule has 6 nitrogen and oxygen atoms in total. The second-order valence-electron chi connectivity index (χ2n) is 14.6. The summed E-state index contributed by atoms with van der Waals surface area (Å²) >= 11 is 0. The van der Waals surface area contributed by atoms with E-state index in [1.165, 1.54) is 36.5 Å². The molecule has 295 valence electrons. The van der Waals surface area contributed by atoms with Gasteiger partial charge in [0.15, 0.2) is 0 Å². The standard InChI is InChI=1S/C39H33N4O.C13H12N.Ir/c1-22(2)29-19-27(26-12-8-7-9-13-26)20-30(23(3)4)36(29)43-34-15-11-10-14-32(34)41-38(43)28-17-16-24(5)35-31-18-25(6)33(21-40)42-39(31)44-37(28)35;1-10-3-6-12(7-4-10)13-8-5-11(2)9-14-13;/h7-16,18-20,22-23H,1-6H3;3-6,8-9H,1-2H3;/q2*-1;/i5D3,6D3;1D3,2D3;. The number of hydrogen-bond donors (Lipinski definition) is 0. The van der Waals surface area contributed by atoms with E-state index in [1.54, 1.807) is 12.1 Å². The molecule has 4 aromatic heterocycles. The van der Waals surface area contributed by atoms with E-state index >= 15 is 0 Å². The number of fused-ring (bicyclic) bond motifs is 4. The van der Waals surface area contributed by atoms with E-state index in [0.29, 0.717) is 28.2 Å². The number of imidazole rings is 1. The van der Waals surface area contributed by atoms with E-state index in [9.17, 15) is 5.26 Å². The topological polar surface area (TPSA) is 80.5 Å². The zero-order valence-electron chi connectivity index (χ0n) is 44.6. The third-order valence-electron chi connectivity index (χ3n) is 10.0. The number of hydrogen-bond acceptors (Lipinski definition) is 5. The van der Waals surface area contributed by atoms with Crippen molar-refractivity contribution < 1.29 is 41.0 Å². The number of rotatable bonds is 6. The van der Waals surface area contributed by atoms with Gasteiger partial charge >= 0.3 is 0 Å². The van der Waals surface area contributed by atoms with Crippen LogP contribution in [0.1, 0.15) is 95.1 Å². The maximum Gasteiger partial charge on any atom is 0.217 e. The largest absolute Gasteiger partial charge is 0.486 e. The van der Waals surface area contributed by atoms with Gasteiger partial charge in [-0.25, -0.2) is 4.98 Å². The van der Waals surface area contributed by atoms with Gasteiger partial charge in [-0.15, -0.1) is 53.1 Å². The zero-order chi connectivity index (χ0) is 50.7. The van der Waals surface area contributed by atoms with Crippen molar-refractivity contribution in [1.29, 1.82) is 5.26 Å². The first kappa shape index (κ1) is 28.3. The number of aromatic nitrogens is 4. The van der Waals surface area contributed by atoms with Crippen LogP contribution in [0, 0.1) is 50.9 Å². The molecule has 4 heterocycles. The average Bonchev–Trinajstić information content (AvgIpc) is 3.88. The molecule has 0 bridgehead atoms. The second-order valence-corrected chi connectivity index (χ2v) is 14.6. The molecule has 0 saturated carbocycles. The molecule has 0 saturated heterocycles. The van der Waals surface area contributed by atoms with Gasteiger partial charge in [0.1, 0.15) is 11.8 Å². The number of pyridine rings is 2. The molecule has 0 spiro atoms. The van der Waals surface area contributed by atoms with E-state index in [-0.39, 0.29) is 82.0 Å². The van der Waals surface area contributed by atoms with Gasteiger partial charge < -0.3 is 14.0 Å². The van der Waals surface area contributed by atoms with Gasteiger partial charge in [-0.1, -0.05) is 107 Å². The number of furan rings is 1. The van der Waals surface area contributed by atoms with Crippen LogP contribution in [0.15, 0.2) is 120 Å². The summed E-state index contributed by atoms with van der Waals surface area (Å²) in [6.45, 7) is -0.966. The Bertz CT molecular complexity index is 3350. The van der Waals surface area contributed by atoms with Gasteiger partial charge in [0.2, 0.25) is 5.71 Å². The molecule has 9 aromatic rings. The molecule has 9 rings (SSSR count). The Balaban J connectivity index is 0.000000296. The first-order chi connectivity index (χ1) is 32.9. The summed E-state index contributed by atoms with van der Waals surface area (Å²) < 4.78 is 101. The number of nitriles is 1. The van der Waals surface area contributed by atoms with Crippen molar-refractivity contribution in [2.24, 2.45) is 0 Å². The van der Waals surface area contributed by atoms with E-state index in [0.717, 1.165) is 33.5 Å². The number of nitrogens with zero attached hydrogens (tertiary/aromatic N) is 5. The second kappa shape index (κ2) is 17.0. The summed E-state index contributed by atoms with van der Waals surface area (Å²) in [5, 5.41) is 10.2. The van der Waals surface area contributed by atoms with Crippen molar-refractivity contribution >= 4 is 33.1 Å². The number of benzene rings is 5. The normalized spacial score (nSPS) is 15.1. The van der Waals surface area contributed by atoms with Crippen LogP contribution >= 0.6 is 0 Å². The summed E-state index contributed by atoms with van der Waals surface area (Å²) in [5.41, 5.74) is 8.28. The predicted molar refractivity (Wildman–Crippen MR) is 236 cm³/mol. The molecule has 0 atom stereocenters. The Kier molecular flexibility index (Phi) is 8.13. The van der Waals surface area contributed by atoms with Crippen molar-refractivity contribution in [2.75, 3.05) is 0 Å². The molecule has 0 N–H and O–H groups in total. The molecule has 0 unspecified atom stereocenters. The molecule has 0 aliphatic rings. The number of aryl methyl sites for hydroxylation is 4. The smallest absolute Gasteiger partial charge is 0.217 e. The van der Waals surface area contributed by atoms with Crippen molar-refractivity contribution in [3.63, 3.8) is 0 Å². The van der Waals surface area contributed by atoms with Gasteiger partial charge in [0, 0.05) is 53.8 Å². The molecule has 5 aromatic carbocycles. The Labute approximate surface area is 376 Å². The van der Waals surface area contributed by atoms with Crippen LogP contribution in [0.5, 0.6) is 0 Å². The Hall–Kier alpha value is -6.19. The minimum Gasteiger partial charge on any atom is -0.486 e. The quantitative estimate of drug-likeness (QED) is 0.155. The third kappa shape index (κ3) is 7.87. The fourth-order valence-electron chi connectivity index (χ4n) is 7.17. The Morgan fingerprint density at radius 3 is 2.12 bits per heavy atom. The molecule has 7 heteroatoms.